The molecule has 8 nitrogen and oxygen atoms in total. The van der Waals surface area contributed by atoms with Crippen LogP contribution >= 0.6 is 0 Å². The molecule has 2 aliphatic carbocycles. The Labute approximate surface area is 169 Å². The molecule has 3 aliphatic rings. The Morgan fingerprint density at radius 2 is 2.20 bits per heavy atom. The van der Waals surface area contributed by atoms with Gasteiger partial charge >= 0.3 is 0 Å². The molecule has 6 rings (SSSR count). The fourth-order valence-electron chi connectivity index (χ4n) is 5.21. The summed E-state index contributed by atoms with van der Waals surface area (Å²) < 4.78 is 5.71. The lowest BCUT2D eigenvalue weighted by Gasteiger charge is -2.27. The zero-order valence-electron chi connectivity index (χ0n) is 15.9. The molecule has 3 heterocycles. The number of allylic oxidation sites excluding steroid dienone is 2. The summed E-state index contributed by atoms with van der Waals surface area (Å²) in [5.41, 5.74) is 3.25. The van der Waals surface area contributed by atoms with Crippen LogP contribution in [0.3, 0.4) is 0 Å². The highest BCUT2D eigenvalue weighted by Crippen LogP contribution is 2.67. The van der Waals surface area contributed by atoms with Crippen molar-refractivity contribution in [1.29, 1.82) is 0 Å². The van der Waals surface area contributed by atoms with Gasteiger partial charge in [-0.1, -0.05) is 0 Å². The van der Waals surface area contributed by atoms with Gasteiger partial charge in [0.2, 0.25) is 5.78 Å². The molecule has 1 aliphatic heterocycles. The number of carbonyl (C=O) groups excluding carboxylic acids is 3. The van der Waals surface area contributed by atoms with Crippen molar-refractivity contribution in [2.45, 2.75) is 18.8 Å². The zero-order valence-corrected chi connectivity index (χ0v) is 15.9. The number of hydrogen-bond acceptors (Lipinski definition) is 6. The van der Waals surface area contributed by atoms with Gasteiger partial charge in [-0.2, -0.15) is 0 Å². The fraction of sp³-hybridized carbons (Fsp3) is 0.227. The molecule has 30 heavy (non-hydrogen) atoms. The molecule has 1 saturated heterocycles. The number of aryl methyl sites for hydroxylation is 1. The minimum atomic E-state index is -0.472. The van der Waals surface area contributed by atoms with Crippen molar-refractivity contribution < 1.29 is 18.8 Å². The molecule has 1 amide bonds. The van der Waals surface area contributed by atoms with Crippen LogP contribution in [-0.2, 0) is 5.41 Å². The second-order valence-corrected chi connectivity index (χ2v) is 8.14. The fourth-order valence-corrected chi connectivity index (χ4v) is 5.21. The largest absolute Gasteiger partial charge is 0.451 e. The molecule has 1 saturated carbocycles. The topological polar surface area (TPSA) is 113 Å². The Kier molecular flexibility index (Phi) is 3.08. The summed E-state index contributed by atoms with van der Waals surface area (Å²) in [6, 6.07) is 6.25. The molecule has 2 aromatic heterocycles. The first kappa shape index (κ1) is 17.1. The molecule has 1 spiro atoms. The monoisotopic (exact) mass is 401 g/mol. The maximum Gasteiger partial charge on any atom is 0.293 e. The van der Waals surface area contributed by atoms with Gasteiger partial charge in [-0.15, -0.1) is 4.91 Å². The number of carbonyl (C=O) groups is 3. The summed E-state index contributed by atoms with van der Waals surface area (Å²) >= 11 is 0. The second-order valence-electron chi connectivity index (χ2n) is 8.14. The van der Waals surface area contributed by atoms with Gasteiger partial charge in [-0.05, 0) is 48.7 Å². The predicted octanol–water partition coefficient (Wildman–Crippen LogP) is 3.77. The summed E-state index contributed by atoms with van der Waals surface area (Å²) in [7, 11) is 0. The third-order valence-electron chi connectivity index (χ3n) is 6.63. The molecule has 8 heteroatoms. The number of nitrogens with one attached hydrogen (secondary N) is 1. The lowest BCUT2D eigenvalue weighted by Crippen LogP contribution is -2.33. The predicted molar refractivity (Wildman–Crippen MR) is 106 cm³/mol. The Balaban J connectivity index is 1.43. The van der Waals surface area contributed by atoms with E-state index in [2.05, 4.69) is 10.2 Å². The lowest BCUT2D eigenvalue weighted by molar-refractivity contribution is 0.0782. The number of benzene rings is 1. The molecular weight excluding hydrogens is 386 g/mol. The zero-order chi connectivity index (χ0) is 20.8. The number of aldehydes is 1. The van der Waals surface area contributed by atoms with Crippen LogP contribution in [0.2, 0.25) is 0 Å². The van der Waals surface area contributed by atoms with Crippen LogP contribution in [0.15, 0.2) is 45.6 Å². The molecule has 2 fully saturated rings. The lowest BCUT2D eigenvalue weighted by atomic mass is 9.83. The van der Waals surface area contributed by atoms with E-state index in [9.17, 15) is 19.3 Å². The molecule has 1 N–H and O–H groups in total. The van der Waals surface area contributed by atoms with E-state index in [0.717, 1.165) is 18.3 Å². The van der Waals surface area contributed by atoms with Crippen molar-refractivity contribution in [3.8, 4) is 0 Å². The number of hydrogen-bond donors (Lipinski definition) is 1. The summed E-state index contributed by atoms with van der Waals surface area (Å²) in [5, 5.41) is 3.51. The Hall–Kier alpha value is -3.81. The summed E-state index contributed by atoms with van der Waals surface area (Å²) in [6.45, 7) is 2.23. The molecule has 0 unspecified atom stereocenters. The standard InChI is InChI=1S/C22H15N3O5/c1-10-14(9-26)19-20(23-10)15(27)6-18-22(19)7-12(22)8-25(18)21(28)17-5-11-4-13(24-29)2-3-16(11)30-17/h2-6,9,12,23H,7-8H2,1H3/t12-,22+/m1/s1. The van der Waals surface area contributed by atoms with Gasteiger partial charge in [-0.3, -0.25) is 14.4 Å². The third-order valence-corrected chi connectivity index (χ3v) is 6.63. The van der Waals surface area contributed by atoms with E-state index >= 15 is 0 Å². The van der Waals surface area contributed by atoms with E-state index < -0.39 is 5.41 Å². The first-order chi connectivity index (χ1) is 14.5. The van der Waals surface area contributed by atoms with Crippen molar-refractivity contribution in [2.75, 3.05) is 6.54 Å². The van der Waals surface area contributed by atoms with Crippen molar-refractivity contribution in [3.05, 3.63) is 69.2 Å². The van der Waals surface area contributed by atoms with Crippen LogP contribution in [-0.4, -0.2) is 34.4 Å². The first-order valence-electron chi connectivity index (χ1n) is 9.61. The van der Waals surface area contributed by atoms with Gasteiger partial charge in [0.15, 0.2) is 12.0 Å². The van der Waals surface area contributed by atoms with E-state index in [1.807, 2.05) is 0 Å². The summed E-state index contributed by atoms with van der Waals surface area (Å²) in [5.74, 6) is -0.299. The number of H-pyrrole nitrogens is 1. The summed E-state index contributed by atoms with van der Waals surface area (Å²) in [6.07, 6.45) is 3.09. The highest BCUT2D eigenvalue weighted by Gasteiger charge is 2.68. The van der Waals surface area contributed by atoms with Gasteiger partial charge < -0.3 is 14.3 Å². The first-order valence-corrected chi connectivity index (χ1v) is 9.61. The molecule has 1 aromatic carbocycles. The van der Waals surface area contributed by atoms with Crippen LogP contribution in [0, 0.1) is 17.7 Å². The number of furan rings is 1. The number of rotatable bonds is 3. The van der Waals surface area contributed by atoms with Gasteiger partial charge in [0.05, 0.1) is 5.69 Å². The maximum atomic E-state index is 13.3. The summed E-state index contributed by atoms with van der Waals surface area (Å²) in [4.78, 5) is 53.2. The van der Waals surface area contributed by atoms with Crippen molar-refractivity contribution >= 4 is 34.6 Å². The van der Waals surface area contributed by atoms with Crippen LogP contribution in [0.5, 0.6) is 0 Å². The van der Waals surface area contributed by atoms with Gasteiger partial charge in [-0.25, -0.2) is 0 Å². The van der Waals surface area contributed by atoms with E-state index in [4.69, 9.17) is 4.42 Å². The van der Waals surface area contributed by atoms with Crippen molar-refractivity contribution in [3.63, 3.8) is 0 Å². The SMILES string of the molecule is Cc1[nH]c2c(c1C=O)[C@@]13C[C@@H]1CN(C(=O)c1cc4cc(N=O)ccc4o1)C3=CC2=O. The number of nitroso groups, excluding NO2 is 1. The molecule has 2 atom stereocenters. The van der Waals surface area contributed by atoms with E-state index in [1.165, 1.54) is 12.1 Å². The van der Waals surface area contributed by atoms with Crippen LogP contribution < -0.4 is 0 Å². The Morgan fingerprint density at radius 1 is 1.37 bits per heavy atom. The minimum absolute atomic E-state index is 0.129. The molecule has 148 valence electrons. The van der Waals surface area contributed by atoms with E-state index in [0.29, 0.717) is 40.2 Å². The number of amides is 1. The van der Waals surface area contributed by atoms with Crippen molar-refractivity contribution in [1.82, 2.24) is 9.88 Å². The normalized spacial score (nSPS) is 23.6. The maximum absolute atomic E-state index is 13.3. The second kappa shape index (κ2) is 5.41. The van der Waals surface area contributed by atoms with E-state index in [1.54, 1.807) is 30.0 Å². The number of fused-ring (bicyclic) bond motifs is 2. The number of likely N-dealkylation sites (tertiary alicyclic amines) is 1. The highest BCUT2D eigenvalue weighted by atomic mass is 16.3. The van der Waals surface area contributed by atoms with Crippen LogP contribution in [0.1, 0.15) is 49.1 Å². The quantitative estimate of drug-likeness (QED) is 0.530. The highest BCUT2D eigenvalue weighted by molar-refractivity contribution is 6.10. The van der Waals surface area contributed by atoms with E-state index in [-0.39, 0.29) is 29.1 Å². The Morgan fingerprint density at radius 3 is 2.97 bits per heavy atom. The third kappa shape index (κ3) is 1.93. The van der Waals surface area contributed by atoms with Gasteiger partial charge in [0.1, 0.15) is 11.3 Å². The number of piperidine rings is 1. The molecular formula is C22H15N3O5. The number of aromatic nitrogens is 1. The molecule has 0 bridgehead atoms. The van der Waals surface area contributed by atoms with Crippen LogP contribution in [0.25, 0.3) is 11.0 Å². The molecule has 0 radical (unpaired) electrons. The average molecular weight is 401 g/mol. The van der Waals surface area contributed by atoms with Gasteiger partial charge in [0.25, 0.3) is 5.91 Å². The van der Waals surface area contributed by atoms with Gasteiger partial charge in [0, 0.05) is 45.9 Å². The smallest absolute Gasteiger partial charge is 0.293 e. The van der Waals surface area contributed by atoms with Crippen molar-refractivity contribution in [2.24, 2.45) is 11.1 Å². The van der Waals surface area contributed by atoms with Crippen LogP contribution in [0.4, 0.5) is 5.69 Å². The minimum Gasteiger partial charge on any atom is -0.451 e. The Bertz CT molecular complexity index is 1360. The number of nitrogens with zero attached hydrogens (tertiary/aromatic N) is 2. The number of ketones is 1. The average Bonchev–Trinajstić information content (AvgIpc) is 3.05. The molecule has 3 aromatic rings. The number of aromatic amines is 1.